The summed E-state index contributed by atoms with van der Waals surface area (Å²) in [4.78, 5) is 0. The van der Waals surface area contributed by atoms with Gasteiger partial charge in [0.25, 0.3) is 0 Å². The van der Waals surface area contributed by atoms with Crippen LogP contribution < -0.4 is 0 Å². The Labute approximate surface area is 65.2 Å². The van der Waals surface area contributed by atoms with E-state index < -0.39 is 12.8 Å². The summed E-state index contributed by atoms with van der Waals surface area (Å²) in [6.07, 6.45) is 4.43. The van der Waals surface area contributed by atoms with Crippen molar-refractivity contribution in [1.82, 2.24) is 0 Å². The zero-order valence-electron chi connectivity index (χ0n) is 6.29. The molecule has 0 amide bonds. The van der Waals surface area contributed by atoms with Crippen LogP contribution in [-0.4, -0.2) is 22.8 Å². The molecule has 0 spiro atoms. The lowest BCUT2D eigenvalue weighted by atomic mass is 9.75. The van der Waals surface area contributed by atoms with Crippen LogP contribution in [0.15, 0.2) is 23.7 Å². The molecule has 0 radical (unpaired) electrons. The van der Waals surface area contributed by atoms with E-state index in [2.05, 4.69) is 0 Å². The molecule has 0 aliphatic heterocycles. The minimum Gasteiger partial charge on any atom is -0.423 e. The average molecular weight is 156 g/mol. The summed E-state index contributed by atoms with van der Waals surface area (Å²) in [6.45, 7) is 1.44. The van der Waals surface area contributed by atoms with Gasteiger partial charge >= 0.3 is 7.12 Å². The molecule has 0 saturated carbocycles. The Morgan fingerprint density at radius 2 is 2.27 bits per heavy atom. The van der Waals surface area contributed by atoms with E-state index in [4.69, 9.17) is 10.0 Å². The number of allylic oxidation sites excluding steroid dienone is 4. The number of halogens is 1. The lowest BCUT2D eigenvalue weighted by Crippen LogP contribution is -2.21. The SMILES string of the molecule is CC1(F)C=CC(B(O)O)=CC1. The van der Waals surface area contributed by atoms with Gasteiger partial charge in [0, 0.05) is 6.42 Å². The second kappa shape index (κ2) is 2.79. The van der Waals surface area contributed by atoms with Crippen LogP contribution in [-0.2, 0) is 0 Å². The highest BCUT2D eigenvalue weighted by atomic mass is 19.1. The second-order valence-electron chi connectivity index (χ2n) is 2.89. The summed E-state index contributed by atoms with van der Waals surface area (Å²) in [6, 6.07) is 0. The first-order valence-corrected chi connectivity index (χ1v) is 3.46. The Balaban J connectivity index is 2.68. The molecule has 0 aromatic rings. The molecule has 0 bridgehead atoms. The summed E-state index contributed by atoms with van der Waals surface area (Å²) < 4.78 is 13.0. The first-order valence-electron chi connectivity index (χ1n) is 3.46. The molecule has 1 atom stereocenters. The molecular formula is C7H10BFO2. The smallest absolute Gasteiger partial charge is 0.423 e. The molecular weight excluding hydrogens is 146 g/mol. The number of rotatable bonds is 1. The zero-order valence-corrected chi connectivity index (χ0v) is 6.29. The fourth-order valence-electron chi connectivity index (χ4n) is 0.915. The van der Waals surface area contributed by atoms with Gasteiger partial charge in [0.15, 0.2) is 0 Å². The summed E-state index contributed by atoms with van der Waals surface area (Å²) in [7, 11) is -1.48. The van der Waals surface area contributed by atoms with E-state index in [-0.39, 0.29) is 6.42 Å². The molecule has 0 saturated heterocycles. The maximum absolute atomic E-state index is 13.0. The van der Waals surface area contributed by atoms with E-state index in [9.17, 15) is 4.39 Å². The first kappa shape index (κ1) is 8.49. The van der Waals surface area contributed by atoms with Gasteiger partial charge in [-0.1, -0.05) is 12.2 Å². The van der Waals surface area contributed by atoms with Gasteiger partial charge in [-0.05, 0) is 18.5 Å². The predicted molar refractivity (Wildman–Crippen MR) is 41.5 cm³/mol. The number of hydrogen-bond donors (Lipinski definition) is 2. The topological polar surface area (TPSA) is 40.5 Å². The van der Waals surface area contributed by atoms with Crippen LogP contribution in [0, 0.1) is 0 Å². The second-order valence-corrected chi connectivity index (χ2v) is 2.89. The maximum Gasteiger partial charge on any atom is 0.488 e. The van der Waals surface area contributed by atoms with Crippen molar-refractivity contribution in [3.8, 4) is 0 Å². The Morgan fingerprint density at radius 3 is 2.64 bits per heavy atom. The minimum absolute atomic E-state index is 0.205. The molecule has 60 valence electrons. The summed E-state index contributed by atoms with van der Waals surface area (Å²) in [5, 5.41) is 17.3. The molecule has 2 N–H and O–H groups in total. The van der Waals surface area contributed by atoms with Gasteiger partial charge in [-0.25, -0.2) is 4.39 Å². The summed E-state index contributed by atoms with van der Waals surface area (Å²) in [5.74, 6) is 0. The van der Waals surface area contributed by atoms with Crippen molar-refractivity contribution in [3.05, 3.63) is 23.7 Å². The molecule has 0 heterocycles. The van der Waals surface area contributed by atoms with E-state index in [1.54, 1.807) is 0 Å². The standard InChI is InChI=1S/C7H10BFO2/c1-7(9)4-2-6(3-5-7)8(10)11/h2-4,10-11H,5H2,1H3. The molecule has 2 nitrogen and oxygen atoms in total. The summed E-state index contributed by atoms with van der Waals surface area (Å²) in [5.41, 5.74) is -0.974. The molecule has 1 rings (SSSR count). The van der Waals surface area contributed by atoms with Crippen LogP contribution >= 0.6 is 0 Å². The highest BCUT2D eigenvalue weighted by Gasteiger charge is 2.24. The highest BCUT2D eigenvalue weighted by molar-refractivity contribution is 6.51. The van der Waals surface area contributed by atoms with Crippen molar-refractivity contribution in [3.63, 3.8) is 0 Å². The fraction of sp³-hybridized carbons (Fsp3) is 0.429. The Kier molecular flexibility index (Phi) is 2.16. The molecule has 1 aliphatic rings. The van der Waals surface area contributed by atoms with Gasteiger partial charge in [-0.3, -0.25) is 0 Å². The molecule has 1 aliphatic carbocycles. The number of alkyl halides is 1. The van der Waals surface area contributed by atoms with Gasteiger partial charge in [0.2, 0.25) is 0 Å². The Hall–Kier alpha value is -0.605. The van der Waals surface area contributed by atoms with Crippen molar-refractivity contribution in [2.45, 2.75) is 19.0 Å². The van der Waals surface area contributed by atoms with Crippen LogP contribution in [0.4, 0.5) is 4.39 Å². The van der Waals surface area contributed by atoms with Crippen LogP contribution in [0.1, 0.15) is 13.3 Å². The van der Waals surface area contributed by atoms with Crippen molar-refractivity contribution in [2.75, 3.05) is 0 Å². The molecule has 0 fully saturated rings. The Morgan fingerprint density at radius 1 is 1.64 bits per heavy atom. The largest absolute Gasteiger partial charge is 0.488 e. The third-order valence-corrected chi connectivity index (χ3v) is 1.66. The van der Waals surface area contributed by atoms with Gasteiger partial charge in [0.05, 0.1) is 0 Å². The van der Waals surface area contributed by atoms with Gasteiger partial charge < -0.3 is 10.0 Å². The maximum atomic E-state index is 13.0. The molecule has 1 unspecified atom stereocenters. The quantitative estimate of drug-likeness (QED) is 0.546. The fourth-order valence-corrected chi connectivity index (χ4v) is 0.915. The monoisotopic (exact) mass is 156 g/mol. The van der Waals surface area contributed by atoms with E-state index in [1.165, 1.54) is 25.2 Å². The van der Waals surface area contributed by atoms with Crippen LogP contribution in [0.5, 0.6) is 0 Å². The van der Waals surface area contributed by atoms with Crippen molar-refractivity contribution >= 4 is 7.12 Å². The van der Waals surface area contributed by atoms with Gasteiger partial charge in [0.1, 0.15) is 5.67 Å². The van der Waals surface area contributed by atoms with Gasteiger partial charge in [-0.15, -0.1) is 0 Å². The van der Waals surface area contributed by atoms with Crippen molar-refractivity contribution < 1.29 is 14.4 Å². The van der Waals surface area contributed by atoms with E-state index in [0.29, 0.717) is 5.47 Å². The third kappa shape index (κ3) is 2.17. The van der Waals surface area contributed by atoms with Crippen LogP contribution in [0.25, 0.3) is 0 Å². The van der Waals surface area contributed by atoms with E-state index >= 15 is 0 Å². The first-order chi connectivity index (χ1) is 5.01. The van der Waals surface area contributed by atoms with Crippen molar-refractivity contribution in [1.29, 1.82) is 0 Å². The predicted octanol–water partition coefficient (Wildman–Crippen LogP) is 0.613. The van der Waals surface area contributed by atoms with E-state index in [1.807, 2.05) is 0 Å². The zero-order chi connectivity index (χ0) is 8.48. The normalized spacial score (nSPS) is 30.0. The van der Waals surface area contributed by atoms with Crippen LogP contribution in [0.2, 0.25) is 0 Å². The highest BCUT2D eigenvalue weighted by Crippen LogP contribution is 2.24. The third-order valence-electron chi connectivity index (χ3n) is 1.66. The van der Waals surface area contributed by atoms with E-state index in [0.717, 1.165) is 0 Å². The summed E-state index contributed by atoms with van der Waals surface area (Å²) >= 11 is 0. The van der Waals surface area contributed by atoms with Crippen LogP contribution in [0.3, 0.4) is 0 Å². The average Bonchev–Trinajstić information content (AvgIpc) is 1.86. The molecule has 0 aromatic carbocycles. The molecule has 4 heteroatoms. The molecule has 0 aromatic heterocycles. The number of hydrogen-bond acceptors (Lipinski definition) is 2. The van der Waals surface area contributed by atoms with Gasteiger partial charge in [-0.2, -0.15) is 0 Å². The lowest BCUT2D eigenvalue weighted by molar-refractivity contribution is 0.259. The minimum atomic E-state index is -1.48. The lowest BCUT2D eigenvalue weighted by Gasteiger charge is -2.18. The van der Waals surface area contributed by atoms with Crippen molar-refractivity contribution in [2.24, 2.45) is 0 Å². The molecule has 11 heavy (non-hydrogen) atoms. The Bertz CT molecular complexity index is 208.